The number of carbonyl (C=O) groups excluding carboxylic acids is 3. The highest BCUT2D eigenvalue weighted by atomic mass is 16.5. The summed E-state index contributed by atoms with van der Waals surface area (Å²) in [6.45, 7) is 5.35. The van der Waals surface area contributed by atoms with Gasteiger partial charge in [0.1, 0.15) is 5.54 Å². The van der Waals surface area contributed by atoms with Crippen LogP contribution >= 0.6 is 0 Å². The van der Waals surface area contributed by atoms with Crippen molar-refractivity contribution in [1.82, 2.24) is 15.1 Å². The van der Waals surface area contributed by atoms with Crippen LogP contribution in [0.15, 0.2) is 18.2 Å². The van der Waals surface area contributed by atoms with Crippen LogP contribution in [0.4, 0.5) is 4.79 Å². The minimum atomic E-state index is -0.916. The van der Waals surface area contributed by atoms with Gasteiger partial charge in [-0.1, -0.05) is 6.07 Å². The molecule has 29 heavy (non-hydrogen) atoms. The van der Waals surface area contributed by atoms with Crippen molar-refractivity contribution in [2.75, 3.05) is 26.3 Å². The molecule has 8 nitrogen and oxygen atoms in total. The van der Waals surface area contributed by atoms with E-state index in [2.05, 4.69) is 5.32 Å². The third-order valence-corrected chi connectivity index (χ3v) is 5.72. The van der Waals surface area contributed by atoms with E-state index >= 15 is 0 Å². The Hall–Kier alpha value is -2.77. The third-order valence-electron chi connectivity index (χ3n) is 5.72. The van der Waals surface area contributed by atoms with Crippen molar-refractivity contribution in [3.05, 3.63) is 23.8 Å². The molecule has 2 fully saturated rings. The molecule has 156 valence electrons. The molecule has 4 amide bonds. The first-order valence-corrected chi connectivity index (χ1v) is 10.2. The van der Waals surface area contributed by atoms with E-state index in [1.54, 1.807) is 13.8 Å². The molecule has 0 aliphatic carbocycles. The molecule has 8 heteroatoms. The maximum atomic E-state index is 12.9. The van der Waals surface area contributed by atoms with Gasteiger partial charge in [-0.2, -0.15) is 0 Å². The van der Waals surface area contributed by atoms with Gasteiger partial charge < -0.3 is 19.7 Å². The number of amides is 4. The molecule has 1 N–H and O–H groups in total. The Kier molecular flexibility index (Phi) is 5.10. The third kappa shape index (κ3) is 3.75. The number of nitrogens with one attached hydrogen (secondary N) is 1. The van der Waals surface area contributed by atoms with Gasteiger partial charge in [0.15, 0.2) is 11.5 Å². The lowest BCUT2D eigenvalue weighted by Gasteiger charge is -2.26. The molecular formula is C21H27N3O5. The zero-order valence-corrected chi connectivity index (χ0v) is 16.9. The van der Waals surface area contributed by atoms with E-state index in [1.165, 1.54) is 0 Å². The van der Waals surface area contributed by atoms with Crippen molar-refractivity contribution < 1.29 is 23.9 Å². The Morgan fingerprint density at radius 1 is 1.17 bits per heavy atom. The lowest BCUT2D eigenvalue weighted by atomic mass is 10.0. The Balaban J connectivity index is 1.43. The van der Waals surface area contributed by atoms with Crippen LogP contribution in [0.2, 0.25) is 0 Å². The second-order valence-corrected chi connectivity index (χ2v) is 8.26. The van der Waals surface area contributed by atoms with Gasteiger partial charge in [0.2, 0.25) is 5.91 Å². The van der Waals surface area contributed by atoms with E-state index in [0.717, 1.165) is 41.2 Å². The number of urea groups is 1. The molecule has 0 radical (unpaired) electrons. The molecule has 0 saturated carbocycles. The molecule has 3 aliphatic rings. The monoisotopic (exact) mass is 401 g/mol. The summed E-state index contributed by atoms with van der Waals surface area (Å²) >= 11 is 0. The summed E-state index contributed by atoms with van der Waals surface area (Å²) in [7, 11) is 0. The van der Waals surface area contributed by atoms with Crippen LogP contribution in [0.1, 0.15) is 51.1 Å². The summed E-state index contributed by atoms with van der Waals surface area (Å²) in [4.78, 5) is 40.2. The molecule has 4 rings (SSSR count). The Labute approximate surface area is 170 Å². The minimum Gasteiger partial charge on any atom is -0.490 e. The fourth-order valence-corrected chi connectivity index (χ4v) is 4.17. The number of ether oxygens (including phenoxy) is 2. The summed E-state index contributed by atoms with van der Waals surface area (Å²) in [5.41, 5.74) is 0.108. The van der Waals surface area contributed by atoms with Gasteiger partial charge >= 0.3 is 6.03 Å². The maximum absolute atomic E-state index is 12.9. The molecular weight excluding hydrogens is 374 g/mol. The normalized spacial score (nSPS) is 23.2. The van der Waals surface area contributed by atoms with Crippen molar-refractivity contribution in [2.45, 2.75) is 51.1 Å². The van der Waals surface area contributed by atoms with E-state index in [-0.39, 0.29) is 30.8 Å². The zero-order valence-electron chi connectivity index (χ0n) is 16.9. The molecule has 1 aromatic carbocycles. The quantitative estimate of drug-likeness (QED) is 0.782. The van der Waals surface area contributed by atoms with Gasteiger partial charge in [0, 0.05) is 25.9 Å². The minimum absolute atomic E-state index is 0.0285. The molecule has 0 bridgehead atoms. The molecule has 1 aromatic rings. The van der Waals surface area contributed by atoms with E-state index in [9.17, 15) is 14.4 Å². The first kappa shape index (κ1) is 19.5. The average Bonchev–Trinajstić information content (AvgIpc) is 3.14. The van der Waals surface area contributed by atoms with Gasteiger partial charge in [0.05, 0.1) is 19.3 Å². The zero-order chi connectivity index (χ0) is 20.6. The van der Waals surface area contributed by atoms with Gasteiger partial charge in [-0.25, -0.2) is 4.79 Å². The number of carbonyl (C=O) groups is 3. The van der Waals surface area contributed by atoms with Crippen LogP contribution in [0.3, 0.4) is 0 Å². The summed E-state index contributed by atoms with van der Waals surface area (Å²) < 4.78 is 11.5. The van der Waals surface area contributed by atoms with Gasteiger partial charge in [-0.3, -0.25) is 14.5 Å². The average molecular weight is 401 g/mol. The molecule has 0 unspecified atom stereocenters. The fraction of sp³-hybridized carbons (Fsp3) is 0.571. The van der Waals surface area contributed by atoms with Crippen molar-refractivity contribution in [3.8, 4) is 11.5 Å². The number of rotatable bonds is 4. The van der Waals surface area contributed by atoms with Crippen LogP contribution in [-0.2, 0) is 9.59 Å². The van der Waals surface area contributed by atoms with Crippen LogP contribution in [0, 0.1) is 0 Å². The second kappa shape index (κ2) is 7.57. The number of fused-ring (bicyclic) bond motifs is 1. The molecule has 0 aromatic heterocycles. The summed E-state index contributed by atoms with van der Waals surface area (Å²) in [6, 6.07) is 5.40. The Morgan fingerprint density at radius 2 is 1.93 bits per heavy atom. The first-order chi connectivity index (χ1) is 13.9. The van der Waals surface area contributed by atoms with Crippen molar-refractivity contribution >= 4 is 17.8 Å². The second-order valence-electron chi connectivity index (χ2n) is 8.26. The van der Waals surface area contributed by atoms with E-state index in [1.807, 2.05) is 23.1 Å². The number of hydrogen-bond acceptors (Lipinski definition) is 5. The van der Waals surface area contributed by atoms with Crippen molar-refractivity contribution in [2.24, 2.45) is 0 Å². The summed E-state index contributed by atoms with van der Waals surface area (Å²) in [5, 5.41) is 2.64. The number of benzene rings is 1. The van der Waals surface area contributed by atoms with Crippen LogP contribution < -0.4 is 14.8 Å². The molecule has 2 saturated heterocycles. The summed E-state index contributed by atoms with van der Waals surface area (Å²) in [6.07, 6.45) is 2.76. The highest BCUT2D eigenvalue weighted by Crippen LogP contribution is 2.38. The predicted molar refractivity (Wildman–Crippen MR) is 105 cm³/mol. The lowest BCUT2D eigenvalue weighted by Crippen LogP contribution is -2.41. The molecule has 0 spiro atoms. The predicted octanol–water partition coefficient (Wildman–Crippen LogP) is 2.23. The Morgan fingerprint density at radius 3 is 2.66 bits per heavy atom. The number of likely N-dealkylation sites (tertiary alicyclic amines) is 1. The smallest absolute Gasteiger partial charge is 0.325 e. The molecule has 3 heterocycles. The van der Waals surface area contributed by atoms with E-state index in [0.29, 0.717) is 19.8 Å². The Bertz CT molecular complexity index is 838. The van der Waals surface area contributed by atoms with E-state index in [4.69, 9.17) is 9.47 Å². The van der Waals surface area contributed by atoms with Crippen LogP contribution in [-0.4, -0.2) is 59.5 Å². The van der Waals surface area contributed by atoms with Crippen LogP contribution in [0.25, 0.3) is 0 Å². The highest BCUT2D eigenvalue weighted by Gasteiger charge is 2.44. The number of hydrogen-bond donors (Lipinski definition) is 1. The van der Waals surface area contributed by atoms with Crippen molar-refractivity contribution in [3.63, 3.8) is 0 Å². The number of nitrogens with zero attached hydrogens (tertiary/aromatic N) is 2. The van der Waals surface area contributed by atoms with Gasteiger partial charge in [0.25, 0.3) is 5.91 Å². The maximum Gasteiger partial charge on any atom is 0.325 e. The standard InChI is InChI=1S/C21H27N3O5/c1-21(2)19(26)24(20(27)22-21)10-8-18(25)23-9-3-5-15(23)14-6-7-16-17(13-14)29-12-4-11-28-16/h6-7,13,15H,3-5,8-12H2,1-2H3,(H,22,27)/t15-/m0/s1. The molecule has 3 aliphatic heterocycles. The van der Waals surface area contributed by atoms with Crippen molar-refractivity contribution in [1.29, 1.82) is 0 Å². The van der Waals surface area contributed by atoms with E-state index < -0.39 is 11.6 Å². The highest BCUT2D eigenvalue weighted by molar-refractivity contribution is 6.06. The topological polar surface area (TPSA) is 88.2 Å². The lowest BCUT2D eigenvalue weighted by molar-refractivity contribution is -0.133. The van der Waals surface area contributed by atoms with Gasteiger partial charge in [-0.05, 0) is 44.4 Å². The number of imide groups is 1. The van der Waals surface area contributed by atoms with Gasteiger partial charge in [-0.15, -0.1) is 0 Å². The SMILES string of the molecule is CC1(C)NC(=O)N(CCC(=O)N2CCC[C@H]2c2ccc3c(c2)OCCCO3)C1=O. The van der Waals surface area contributed by atoms with Crippen LogP contribution in [0.5, 0.6) is 11.5 Å². The summed E-state index contributed by atoms with van der Waals surface area (Å²) in [5.74, 6) is 1.12. The first-order valence-electron chi connectivity index (χ1n) is 10.2. The largest absolute Gasteiger partial charge is 0.490 e. The fourth-order valence-electron chi connectivity index (χ4n) is 4.17. The molecule has 1 atom stereocenters.